The van der Waals surface area contributed by atoms with Crippen molar-refractivity contribution in [3.8, 4) is 0 Å². The molecule has 20 heavy (non-hydrogen) atoms. The van der Waals surface area contributed by atoms with E-state index in [0.29, 0.717) is 0 Å². The quantitative estimate of drug-likeness (QED) is 0.446. The number of aliphatic hydroxyl groups is 1. The Labute approximate surface area is 119 Å². The van der Waals surface area contributed by atoms with Crippen molar-refractivity contribution in [2.75, 3.05) is 0 Å². The second-order valence-corrected chi connectivity index (χ2v) is 5.58. The number of aliphatic carboxylic acids is 2. The Morgan fingerprint density at radius 2 is 1.90 bits per heavy atom. The van der Waals surface area contributed by atoms with Crippen LogP contribution in [0.4, 0.5) is 0 Å². The highest BCUT2D eigenvalue weighted by molar-refractivity contribution is 6.02. The molecule has 1 aliphatic rings. The first-order valence-corrected chi connectivity index (χ1v) is 7.23. The third-order valence-corrected chi connectivity index (χ3v) is 4.25. The van der Waals surface area contributed by atoms with Crippen LogP contribution in [0, 0.1) is 17.3 Å². The smallest absolute Gasteiger partial charge is 0.321 e. The Bertz CT molecular complexity index is 374. The zero-order valence-electron chi connectivity index (χ0n) is 12.1. The van der Waals surface area contributed by atoms with Crippen LogP contribution in [0.1, 0.15) is 46.0 Å². The molecule has 0 saturated heterocycles. The Morgan fingerprint density at radius 1 is 1.30 bits per heavy atom. The first-order valence-electron chi connectivity index (χ1n) is 7.23. The van der Waals surface area contributed by atoms with Crippen molar-refractivity contribution in [3.63, 3.8) is 0 Å². The lowest BCUT2D eigenvalue weighted by Crippen LogP contribution is -2.27. The van der Waals surface area contributed by atoms with Gasteiger partial charge in [-0.3, -0.25) is 9.59 Å². The first kappa shape index (κ1) is 16.7. The van der Waals surface area contributed by atoms with Crippen molar-refractivity contribution >= 4 is 11.9 Å². The van der Waals surface area contributed by atoms with Gasteiger partial charge in [0.15, 0.2) is 5.41 Å². The van der Waals surface area contributed by atoms with E-state index in [4.69, 9.17) is 10.2 Å². The van der Waals surface area contributed by atoms with E-state index in [1.54, 1.807) is 12.2 Å². The summed E-state index contributed by atoms with van der Waals surface area (Å²) in [4.78, 5) is 22.1. The lowest BCUT2D eigenvalue weighted by Gasteiger charge is -2.18. The van der Waals surface area contributed by atoms with Crippen LogP contribution in [0.15, 0.2) is 12.2 Å². The molecule has 3 N–H and O–H groups in total. The molecule has 0 aromatic rings. The molecule has 1 saturated carbocycles. The van der Waals surface area contributed by atoms with E-state index in [1.165, 1.54) is 0 Å². The maximum absolute atomic E-state index is 11.0. The fourth-order valence-corrected chi connectivity index (χ4v) is 2.59. The Morgan fingerprint density at radius 3 is 2.30 bits per heavy atom. The van der Waals surface area contributed by atoms with Gasteiger partial charge in [0, 0.05) is 5.92 Å². The standard InChI is InChI=1S/C15H24O5/c1-3-5-6-10(4-2)12(16)8-7-11-9-15(11,13(17)18)14(19)20/h7-8,10-12,16H,3-6,9H2,1-2H3,(H,17,18)(H,19,20). The maximum Gasteiger partial charge on any atom is 0.321 e. The van der Waals surface area contributed by atoms with Crippen molar-refractivity contribution in [1.29, 1.82) is 0 Å². The number of rotatable bonds is 9. The normalized spacial score (nSPS) is 23.4. The van der Waals surface area contributed by atoms with E-state index in [2.05, 4.69) is 6.92 Å². The minimum Gasteiger partial charge on any atom is -0.480 e. The van der Waals surface area contributed by atoms with Gasteiger partial charge in [-0.2, -0.15) is 0 Å². The molecule has 0 spiro atoms. The maximum atomic E-state index is 11.0. The Hall–Kier alpha value is -1.36. The molecule has 0 aliphatic heterocycles. The largest absolute Gasteiger partial charge is 0.480 e. The summed E-state index contributed by atoms with van der Waals surface area (Å²) in [5.74, 6) is -2.97. The van der Waals surface area contributed by atoms with Crippen LogP contribution in [-0.4, -0.2) is 33.4 Å². The molecule has 3 atom stereocenters. The van der Waals surface area contributed by atoms with Gasteiger partial charge in [0.2, 0.25) is 0 Å². The molecule has 0 radical (unpaired) electrons. The molecule has 3 unspecified atom stereocenters. The van der Waals surface area contributed by atoms with Gasteiger partial charge in [-0.1, -0.05) is 45.3 Å². The number of unbranched alkanes of at least 4 members (excludes halogenated alkanes) is 1. The van der Waals surface area contributed by atoms with Crippen LogP contribution in [0.2, 0.25) is 0 Å². The predicted octanol–water partition coefficient (Wildman–Crippen LogP) is 2.30. The predicted molar refractivity (Wildman–Crippen MR) is 74.3 cm³/mol. The van der Waals surface area contributed by atoms with Gasteiger partial charge in [-0.05, 0) is 18.8 Å². The molecular formula is C15H24O5. The zero-order valence-corrected chi connectivity index (χ0v) is 12.1. The summed E-state index contributed by atoms with van der Waals surface area (Å²) in [5.41, 5.74) is -1.68. The van der Waals surface area contributed by atoms with Crippen molar-refractivity contribution in [2.45, 2.75) is 52.1 Å². The van der Waals surface area contributed by atoms with Crippen molar-refractivity contribution in [3.05, 3.63) is 12.2 Å². The van der Waals surface area contributed by atoms with Gasteiger partial charge in [-0.15, -0.1) is 0 Å². The lowest BCUT2D eigenvalue weighted by atomic mass is 9.92. The molecule has 1 rings (SSSR count). The van der Waals surface area contributed by atoms with E-state index >= 15 is 0 Å². The van der Waals surface area contributed by atoms with Gasteiger partial charge >= 0.3 is 11.9 Å². The highest BCUT2D eigenvalue weighted by Crippen LogP contribution is 2.54. The number of carbonyl (C=O) groups is 2. The van der Waals surface area contributed by atoms with Gasteiger partial charge in [0.25, 0.3) is 0 Å². The number of allylic oxidation sites excluding steroid dienone is 1. The van der Waals surface area contributed by atoms with Gasteiger partial charge in [0.1, 0.15) is 0 Å². The SMILES string of the molecule is CCCCC(CC)C(O)C=CC1CC1(C(=O)O)C(=O)O. The zero-order chi connectivity index (χ0) is 15.3. The summed E-state index contributed by atoms with van der Waals surface area (Å²) in [5, 5.41) is 28.1. The van der Waals surface area contributed by atoms with E-state index in [-0.39, 0.29) is 12.3 Å². The molecular weight excluding hydrogens is 260 g/mol. The fraction of sp³-hybridized carbons (Fsp3) is 0.733. The average Bonchev–Trinajstić information content (AvgIpc) is 3.13. The molecule has 0 amide bonds. The van der Waals surface area contributed by atoms with E-state index < -0.39 is 29.4 Å². The number of hydrogen-bond acceptors (Lipinski definition) is 3. The summed E-state index contributed by atoms with van der Waals surface area (Å²) >= 11 is 0. The van der Waals surface area contributed by atoms with Crippen LogP contribution in [0.3, 0.4) is 0 Å². The van der Waals surface area contributed by atoms with Crippen LogP contribution in [0.5, 0.6) is 0 Å². The lowest BCUT2D eigenvalue weighted by molar-refractivity contribution is -0.157. The number of carboxylic acids is 2. The highest BCUT2D eigenvalue weighted by atomic mass is 16.4. The third-order valence-electron chi connectivity index (χ3n) is 4.25. The third kappa shape index (κ3) is 3.39. The summed E-state index contributed by atoms with van der Waals surface area (Å²) in [6.07, 6.45) is 6.48. The van der Waals surface area contributed by atoms with E-state index in [1.807, 2.05) is 6.92 Å². The molecule has 1 aliphatic carbocycles. The minimum absolute atomic E-state index is 0.104. The molecule has 0 bridgehead atoms. The van der Waals surface area contributed by atoms with E-state index in [0.717, 1.165) is 25.7 Å². The van der Waals surface area contributed by atoms with Crippen molar-refractivity contribution < 1.29 is 24.9 Å². The Balaban J connectivity index is 2.60. The van der Waals surface area contributed by atoms with Gasteiger partial charge < -0.3 is 15.3 Å². The number of carboxylic acid groups (broad SMARTS) is 2. The molecule has 5 heteroatoms. The minimum atomic E-state index is -1.68. The summed E-state index contributed by atoms with van der Waals surface area (Å²) in [7, 11) is 0. The first-order chi connectivity index (χ1) is 9.40. The van der Waals surface area contributed by atoms with Crippen molar-refractivity contribution in [2.24, 2.45) is 17.3 Å². The fourth-order valence-electron chi connectivity index (χ4n) is 2.59. The second kappa shape index (κ2) is 6.88. The highest BCUT2D eigenvalue weighted by Gasteiger charge is 2.65. The number of aliphatic hydroxyl groups excluding tert-OH is 1. The van der Waals surface area contributed by atoms with E-state index in [9.17, 15) is 14.7 Å². The van der Waals surface area contributed by atoms with Gasteiger partial charge in [-0.25, -0.2) is 0 Å². The molecule has 1 fully saturated rings. The molecule has 5 nitrogen and oxygen atoms in total. The van der Waals surface area contributed by atoms with Gasteiger partial charge in [0.05, 0.1) is 6.10 Å². The Kier molecular flexibility index (Phi) is 5.74. The van der Waals surface area contributed by atoms with Crippen LogP contribution in [-0.2, 0) is 9.59 Å². The van der Waals surface area contributed by atoms with Crippen molar-refractivity contribution in [1.82, 2.24) is 0 Å². The van der Waals surface area contributed by atoms with Crippen LogP contribution in [0.25, 0.3) is 0 Å². The average molecular weight is 284 g/mol. The summed E-state index contributed by atoms with van der Waals surface area (Å²) in [6.45, 7) is 4.10. The number of hydrogen-bond donors (Lipinski definition) is 3. The monoisotopic (exact) mass is 284 g/mol. The summed E-state index contributed by atoms with van der Waals surface area (Å²) in [6, 6.07) is 0. The molecule has 0 heterocycles. The topological polar surface area (TPSA) is 94.8 Å². The molecule has 0 aromatic carbocycles. The van der Waals surface area contributed by atoms with Crippen LogP contribution >= 0.6 is 0 Å². The summed E-state index contributed by atoms with van der Waals surface area (Å²) < 4.78 is 0. The molecule has 114 valence electrons. The van der Waals surface area contributed by atoms with Crippen LogP contribution < -0.4 is 0 Å². The molecule has 0 aromatic heterocycles. The second-order valence-electron chi connectivity index (χ2n) is 5.58.